The number of rotatable bonds is 4. The first-order valence-electron chi connectivity index (χ1n) is 6.10. The minimum atomic E-state index is -2.03. The van der Waals surface area contributed by atoms with Crippen LogP contribution in [0.1, 0.15) is 27.2 Å². The van der Waals surface area contributed by atoms with Gasteiger partial charge in [-0.1, -0.05) is 20.8 Å². The maximum atomic E-state index is 11.2. The molecule has 2 unspecified atom stereocenters. The van der Waals surface area contributed by atoms with Gasteiger partial charge in [0.25, 0.3) is 0 Å². The highest BCUT2D eigenvalue weighted by molar-refractivity contribution is 6.74. The fraction of sp³-hybridized carbons (Fsp3) is 0.909. The Hall–Kier alpha value is -0.953. The number of carboxylic acids is 1. The fourth-order valence-electron chi connectivity index (χ4n) is 1.81. The molecule has 1 fully saturated rings. The molecule has 1 saturated heterocycles. The standard InChI is InChI=1S/C11H22N2O4Si/c1-11(2,3)18(4,5)17-8-6-7-13(12-16)9(8)10(14)15/h8-9H,6-7H2,1-5H3,(H,14,15). The Balaban J connectivity index is 2.85. The summed E-state index contributed by atoms with van der Waals surface area (Å²) in [4.78, 5) is 21.8. The first kappa shape index (κ1) is 15.1. The summed E-state index contributed by atoms with van der Waals surface area (Å²) in [6.45, 7) is 10.8. The highest BCUT2D eigenvalue weighted by Crippen LogP contribution is 2.39. The molecule has 1 rings (SSSR count). The summed E-state index contributed by atoms with van der Waals surface area (Å²) in [5, 5.41) is 13.0. The third-order valence-electron chi connectivity index (χ3n) is 3.93. The van der Waals surface area contributed by atoms with E-state index in [9.17, 15) is 14.8 Å². The van der Waals surface area contributed by atoms with Gasteiger partial charge in [0.15, 0.2) is 14.4 Å². The molecule has 0 aromatic rings. The summed E-state index contributed by atoms with van der Waals surface area (Å²) in [5.74, 6) is -1.05. The predicted octanol–water partition coefficient (Wildman–Crippen LogP) is 2.22. The van der Waals surface area contributed by atoms with Crippen molar-refractivity contribution >= 4 is 14.3 Å². The van der Waals surface area contributed by atoms with Gasteiger partial charge in [0.1, 0.15) is 0 Å². The molecule has 1 heterocycles. The van der Waals surface area contributed by atoms with Crippen LogP contribution in [-0.2, 0) is 9.22 Å². The molecule has 0 aliphatic carbocycles. The maximum Gasteiger partial charge on any atom is 0.330 e. The van der Waals surface area contributed by atoms with E-state index in [-0.39, 0.29) is 5.04 Å². The van der Waals surface area contributed by atoms with Gasteiger partial charge in [0, 0.05) is 6.54 Å². The first-order valence-corrected chi connectivity index (χ1v) is 9.01. The molecule has 18 heavy (non-hydrogen) atoms. The number of hydrogen-bond donors (Lipinski definition) is 1. The van der Waals surface area contributed by atoms with Crippen LogP contribution in [0.15, 0.2) is 5.29 Å². The lowest BCUT2D eigenvalue weighted by molar-refractivity contribution is -0.144. The number of carbonyl (C=O) groups is 1. The van der Waals surface area contributed by atoms with Crippen molar-refractivity contribution in [2.24, 2.45) is 5.29 Å². The van der Waals surface area contributed by atoms with Gasteiger partial charge in [-0.3, -0.25) is 0 Å². The van der Waals surface area contributed by atoms with Crippen LogP contribution in [0.4, 0.5) is 0 Å². The summed E-state index contributed by atoms with van der Waals surface area (Å²) >= 11 is 0. The van der Waals surface area contributed by atoms with Gasteiger partial charge < -0.3 is 9.53 Å². The summed E-state index contributed by atoms with van der Waals surface area (Å²) in [5.41, 5.74) is 0. The van der Waals surface area contributed by atoms with E-state index < -0.39 is 26.4 Å². The second kappa shape index (κ2) is 4.97. The van der Waals surface area contributed by atoms with Crippen molar-refractivity contribution in [3.63, 3.8) is 0 Å². The van der Waals surface area contributed by atoms with Crippen molar-refractivity contribution in [3.8, 4) is 0 Å². The number of nitrogens with zero attached hydrogens (tertiary/aromatic N) is 2. The molecule has 1 N–H and O–H groups in total. The Morgan fingerprint density at radius 3 is 2.39 bits per heavy atom. The zero-order valence-electron chi connectivity index (χ0n) is 11.6. The van der Waals surface area contributed by atoms with Crippen molar-refractivity contribution in [1.29, 1.82) is 0 Å². The van der Waals surface area contributed by atoms with Crippen LogP contribution in [0.2, 0.25) is 18.1 Å². The lowest BCUT2D eigenvalue weighted by Gasteiger charge is -2.39. The minimum absolute atomic E-state index is 0.0120. The summed E-state index contributed by atoms with van der Waals surface area (Å²) in [6.07, 6.45) is 0.0935. The second-order valence-corrected chi connectivity index (χ2v) is 11.0. The Bertz CT molecular complexity index is 340. The number of aliphatic carboxylic acids is 1. The van der Waals surface area contributed by atoms with E-state index in [1.807, 2.05) is 0 Å². The van der Waals surface area contributed by atoms with E-state index in [1.165, 1.54) is 0 Å². The molecular formula is C11H22N2O4Si. The molecule has 1 aliphatic heterocycles. The average Bonchev–Trinajstić information content (AvgIpc) is 2.58. The van der Waals surface area contributed by atoms with Crippen molar-refractivity contribution in [3.05, 3.63) is 4.91 Å². The van der Waals surface area contributed by atoms with Crippen LogP contribution in [0.3, 0.4) is 0 Å². The predicted molar refractivity (Wildman–Crippen MR) is 70.6 cm³/mol. The molecule has 0 saturated carbocycles. The van der Waals surface area contributed by atoms with E-state index in [0.717, 1.165) is 5.01 Å². The van der Waals surface area contributed by atoms with Crippen LogP contribution < -0.4 is 0 Å². The summed E-state index contributed by atoms with van der Waals surface area (Å²) in [6, 6.07) is -0.948. The number of hydrogen-bond acceptors (Lipinski definition) is 4. The van der Waals surface area contributed by atoms with Gasteiger partial charge in [-0.15, -0.1) is 4.91 Å². The zero-order valence-corrected chi connectivity index (χ0v) is 12.6. The van der Waals surface area contributed by atoms with Gasteiger partial charge in [-0.05, 0) is 24.6 Å². The van der Waals surface area contributed by atoms with E-state index >= 15 is 0 Å². The first-order chi connectivity index (χ1) is 8.10. The highest BCUT2D eigenvalue weighted by atomic mass is 28.4. The van der Waals surface area contributed by atoms with Crippen LogP contribution in [0, 0.1) is 4.91 Å². The molecule has 0 radical (unpaired) electrons. The number of carboxylic acid groups (broad SMARTS) is 1. The van der Waals surface area contributed by atoms with E-state index in [0.29, 0.717) is 13.0 Å². The summed E-state index contributed by atoms with van der Waals surface area (Å²) in [7, 11) is -2.03. The van der Waals surface area contributed by atoms with Gasteiger partial charge in [0.05, 0.1) is 11.4 Å². The molecule has 1 aliphatic rings. The van der Waals surface area contributed by atoms with E-state index in [4.69, 9.17) is 4.43 Å². The van der Waals surface area contributed by atoms with Crippen LogP contribution in [0.5, 0.6) is 0 Å². The second-order valence-electron chi connectivity index (χ2n) is 6.23. The molecule has 0 bridgehead atoms. The topological polar surface area (TPSA) is 79.2 Å². The molecular weight excluding hydrogens is 252 g/mol. The lowest BCUT2D eigenvalue weighted by atomic mass is 10.2. The molecule has 7 heteroatoms. The van der Waals surface area contributed by atoms with Gasteiger partial charge in [-0.2, -0.15) is 0 Å². The Morgan fingerprint density at radius 1 is 1.44 bits per heavy atom. The molecule has 104 valence electrons. The Kier molecular flexibility index (Phi) is 4.17. The van der Waals surface area contributed by atoms with Gasteiger partial charge in [-0.25, -0.2) is 9.80 Å². The Labute approximate surface area is 108 Å². The van der Waals surface area contributed by atoms with Crippen molar-refractivity contribution in [2.45, 2.75) is 57.5 Å². The van der Waals surface area contributed by atoms with Gasteiger partial charge in [0.2, 0.25) is 0 Å². The van der Waals surface area contributed by atoms with Crippen LogP contribution in [-0.4, -0.2) is 43.1 Å². The van der Waals surface area contributed by atoms with Crippen molar-refractivity contribution < 1.29 is 14.3 Å². The highest BCUT2D eigenvalue weighted by Gasteiger charge is 2.47. The number of nitroso groups, excluding NO2 is 1. The normalized spacial score (nSPS) is 25.3. The SMILES string of the molecule is CC(C)(C)[Si](C)(C)OC1CCN(N=O)C1C(=O)O. The molecule has 0 aromatic carbocycles. The van der Waals surface area contributed by atoms with Crippen LogP contribution in [0.25, 0.3) is 0 Å². The fourth-order valence-corrected chi connectivity index (χ4v) is 3.16. The van der Waals surface area contributed by atoms with E-state index in [2.05, 4.69) is 39.2 Å². The third kappa shape index (κ3) is 2.89. The smallest absolute Gasteiger partial charge is 0.330 e. The Morgan fingerprint density at radius 2 is 2.00 bits per heavy atom. The average molecular weight is 274 g/mol. The molecule has 6 nitrogen and oxygen atoms in total. The molecule has 2 atom stereocenters. The third-order valence-corrected chi connectivity index (χ3v) is 8.43. The van der Waals surface area contributed by atoms with Crippen molar-refractivity contribution in [1.82, 2.24) is 5.01 Å². The molecule has 0 aromatic heterocycles. The van der Waals surface area contributed by atoms with Gasteiger partial charge >= 0.3 is 5.97 Å². The van der Waals surface area contributed by atoms with Crippen LogP contribution >= 0.6 is 0 Å². The van der Waals surface area contributed by atoms with Crippen molar-refractivity contribution in [2.75, 3.05) is 6.54 Å². The lowest BCUT2D eigenvalue weighted by Crippen LogP contribution is -2.49. The zero-order chi connectivity index (χ0) is 14.1. The molecule has 0 spiro atoms. The summed E-state index contributed by atoms with van der Waals surface area (Å²) < 4.78 is 6.09. The monoisotopic (exact) mass is 274 g/mol. The maximum absolute atomic E-state index is 11.2. The minimum Gasteiger partial charge on any atom is -0.480 e. The van der Waals surface area contributed by atoms with E-state index in [1.54, 1.807) is 0 Å². The largest absolute Gasteiger partial charge is 0.480 e. The quantitative estimate of drug-likeness (QED) is 0.628. The molecule has 0 amide bonds.